The lowest BCUT2D eigenvalue weighted by Gasteiger charge is -2.32. The number of rotatable bonds is 4. The molecule has 0 unspecified atom stereocenters. The first-order valence-corrected chi connectivity index (χ1v) is 7.67. The van der Waals surface area contributed by atoms with Crippen molar-refractivity contribution >= 4 is 23.4 Å². The predicted octanol–water partition coefficient (Wildman–Crippen LogP) is 1.39. The lowest BCUT2D eigenvalue weighted by molar-refractivity contribution is -0.117. The molecule has 8 heteroatoms. The first-order chi connectivity index (χ1) is 11.0. The van der Waals surface area contributed by atoms with Gasteiger partial charge in [0, 0.05) is 31.9 Å². The summed E-state index contributed by atoms with van der Waals surface area (Å²) in [6.45, 7) is 7.21. The van der Waals surface area contributed by atoms with Gasteiger partial charge >= 0.3 is 0 Å². The van der Waals surface area contributed by atoms with Crippen molar-refractivity contribution in [1.29, 1.82) is 0 Å². The molecule has 1 atom stereocenters. The van der Waals surface area contributed by atoms with Gasteiger partial charge in [-0.3, -0.25) is 9.48 Å². The summed E-state index contributed by atoms with van der Waals surface area (Å²) in [5, 5.41) is 10.3. The van der Waals surface area contributed by atoms with E-state index >= 15 is 0 Å². The van der Waals surface area contributed by atoms with Crippen LogP contribution in [0.15, 0.2) is 12.4 Å². The summed E-state index contributed by atoms with van der Waals surface area (Å²) in [6, 6.07) is -0.257. The van der Waals surface area contributed by atoms with Gasteiger partial charge in [0.15, 0.2) is 5.82 Å². The average molecular weight is 315 g/mol. The van der Waals surface area contributed by atoms with Crippen LogP contribution in [0.25, 0.3) is 0 Å². The SMILES string of the molecule is CCn1cc(CNc2nc(C)c3c(n2)N(C)[C@@H](C)C(=O)N3)cn1. The third-order valence-corrected chi connectivity index (χ3v) is 4.07. The van der Waals surface area contributed by atoms with E-state index in [0.29, 0.717) is 18.2 Å². The number of nitrogens with one attached hydrogen (secondary N) is 2. The number of hydrogen-bond acceptors (Lipinski definition) is 6. The van der Waals surface area contributed by atoms with Crippen LogP contribution in [0.5, 0.6) is 0 Å². The van der Waals surface area contributed by atoms with Gasteiger partial charge in [-0.05, 0) is 20.8 Å². The highest BCUT2D eigenvalue weighted by Gasteiger charge is 2.30. The first kappa shape index (κ1) is 15.3. The number of fused-ring (bicyclic) bond motifs is 1. The minimum atomic E-state index is -0.257. The molecular formula is C15H21N7O. The van der Waals surface area contributed by atoms with E-state index in [2.05, 4.69) is 25.7 Å². The maximum absolute atomic E-state index is 11.9. The van der Waals surface area contributed by atoms with Crippen LogP contribution in [0.2, 0.25) is 0 Å². The largest absolute Gasteiger partial charge is 0.350 e. The minimum Gasteiger partial charge on any atom is -0.350 e. The molecule has 1 amide bonds. The molecule has 2 N–H and O–H groups in total. The normalized spacial score (nSPS) is 17.0. The predicted molar refractivity (Wildman–Crippen MR) is 88.5 cm³/mol. The summed E-state index contributed by atoms with van der Waals surface area (Å²) in [7, 11) is 1.86. The Morgan fingerprint density at radius 1 is 1.39 bits per heavy atom. The van der Waals surface area contributed by atoms with Gasteiger partial charge in [0.25, 0.3) is 0 Å². The highest BCUT2D eigenvalue weighted by Crippen LogP contribution is 2.32. The number of aryl methyl sites for hydroxylation is 2. The van der Waals surface area contributed by atoms with Crippen LogP contribution in [0.4, 0.5) is 17.5 Å². The van der Waals surface area contributed by atoms with Gasteiger partial charge in [0.1, 0.15) is 11.7 Å². The van der Waals surface area contributed by atoms with Gasteiger partial charge in [-0.25, -0.2) is 4.98 Å². The number of amides is 1. The molecule has 122 valence electrons. The summed E-state index contributed by atoms with van der Waals surface area (Å²) in [5.41, 5.74) is 2.50. The summed E-state index contributed by atoms with van der Waals surface area (Å²) in [4.78, 5) is 22.8. The molecule has 1 aliphatic heterocycles. The van der Waals surface area contributed by atoms with Crippen molar-refractivity contribution in [3.8, 4) is 0 Å². The van der Waals surface area contributed by atoms with Gasteiger partial charge in [0.2, 0.25) is 11.9 Å². The third-order valence-electron chi connectivity index (χ3n) is 4.07. The van der Waals surface area contributed by atoms with Crippen LogP contribution in [0.3, 0.4) is 0 Å². The smallest absolute Gasteiger partial charge is 0.246 e. The van der Waals surface area contributed by atoms with E-state index in [1.807, 2.05) is 49.8 Å². The summed E-state index contributed by atoms with van der Waals surface area (Å²) in [6.07, 6.45) is 3.82. The van der Waals surface area contributed by atoms with Gasteiger partial charge in [-0.2, -0.15) is 10.1 Å². The molecule has 2 aromatic heterocycles. The number of likely N-dealkylation sites (N-methyl/N-ethyl adjacent to an activating group) is 1. The van der Waals surface area contributed by atoms with Gasteiger partial charge in [-0.15, -0.1) is 0 Å². The number of aromatic nitrogens is 4. The van der Waals surface area contributed by atoms with Crippen LogP contribution in [0, 0.1) is 6.92 Å². The maximum Gasteiger partial charge on any atom is 0.246 e. The van der Waals surface area contributed by atoms with E-state index in [1.165, 1.54) is 0 Å². The number of hydrogen-bond donors (Lipinski definition) is 2. The Kier molecular flexibility index (Phi) is 3.89. The Hall–Kier alpha value is -2.64. The molecule has 0 aromatic carbocycles. The molecule has 0 saturated carbocycles. The van der Waals surface area contributed by atoms with Gasteiger partial charge in [0.05, 0.1) is 11.9 Å². The number of carbonyl (C=O) groups is 1. The molecule has 3 heterocycles. The van der Waals surface area contributed by atoms with Gasteiger partial charge < -0.3 is 15.5 Å². The first-order valence-electron chi connectivity index (χ1n) is 7.67. The maximum atomic E-state index is 11.9. The summed E-state index contributed by atoms with van der Waals surface area (Å²) >= 11 is 0. The molecule has 1 aliphatic rings. The molecule has 3 rings (SSSR count). The van der Waals surface area contributed by atoms with Gasteiger partial charge in [-0.1, -0.05) is 0 Å². The Morgan fingerprint density at radius 3 is 2.87 bits per heavy atom. The Labute approximate surface area is 134 Å². The van der Waals surface area contributed by atoms with Crippen molar-refractivity contribution in [3.05, 3.63) is 23.7 Å². The second-order valence-electron chi connectivity index (χ2n) is 5.67. The van der Waals surface area contributed by atoms with E-state index in [0.717, 1.165) is 23.6 Å². The Bertz CT molecular complexity index is 739. The van der Waals surface area contributed by atoms with Crippen LogP contribution >= 0.6 is 0 Å². The average Bonchev–Trinajstić information content (AvgIpc) is 3.00. The van der Waals surface area contributed by atoms with Crippen molar-refractivity contribution in [1.82, 2.24) is 19.7 Å². The van der Waals surface area contributed by atoms with E-state index in [-0.39, 0.29) is 11.9 Å². The summed E-state index contributed by atoms with van der Waals surface area (Å²) < 4.78 is 1.88. The second-order valence-corrected chi connectivity index (χ2v) is 5.67. The van der Waals surface area contributed by atoms with Crippen LogP contribution in [-0.2, 0) is 17.9 Å². The number of carbonyl (C=O) groups excluding carboxylic acids is 1. The van der Waals surface area contributed by atoms with Crippen molar-refractivity contribution in [2.75, 3.05) is 22.6 Å². The number of nitrogens with zero attached hydrogens (tertiary/aromatic N) is 5. The quantitative estimate of drug-likeness (QED) is 0.886. The molecule has 0 fully saturated rings. The number of anilines is 3. The van der Waals surface area contributed by atoms with E-state index in [9.17, 15) is 4.79 Å². The standard InChI is InChI=1S/C15H21N7O/c1-5-22-8-11(7-17-22)6-16-15-18-9(2)12-13(20-15)21(4)10(3)14(23)19-12/h7-8,10H,5-6H2,1-4H3,(H,19,23)(H,16,18,20)/t10-/m0/s1. The zero-order chi connectivity index (χ0) is 16.6. The highest BCUT2D eigenvalue weighted by molar-refractivity contribution is 6.03. The van der Waals surface area contributed by atoms with Crippen LogP contribution < -0.4 is 15.5 Å². The Morgan fingerprint density at radius 2 is 2.17 bits per heavy atom. The molecule has 0 spiro atoms. The highest BCUT2D eigenvalue weighted by atomic mass is 16.2. The second kappa shape index (κ2) is 5.86. The lowest BCUT2D eigenvalue weighted by atomic mass is 10.2. The molecule has 0 saturated heterocycles. The van der Waals surface area contributed by atoms with E-state index < -0.39 is 0 Å². The zero-order valence-electron chi connectivity index (χ0n) is 13.8. The van der Waals surface area contributed by atoms with E-state index in [4.69, 9.17) is 0 Å². The van der Waals surface area contributed by atoms with Crippen LogP contribution in [-0.4, -0.2) is 38.7 Å². The van der Waals surface area contributed by atoms with E-state index in [1.54, 1.807) is 0 Å². The fourth-order valence-corrected chi connectivity index (χ4v) is 2.48. The molecule has 0 aliphatic carbocycles. The molecule has 2 aromatic rings. The van der Waals surface area contributed by atoms with Crippen molar-refractivity contribution in [2.24, 2.45) is 0 Å². The van der Waals surface area contributed by atoms with Crippen molar-refractivity contribution in [3.63, 3.8) is 0 Å². The minimum absolute atomic E-state index is 0.0422. The third kappa shape index (κ3) is 2.84. The zero-order valence-corrected chi connectivity index (χ0v) is 13.8. The molecule has 23 heavy (non-hydrogen) atoms. The molecule has 8 nitrogen and oxygen atoms in total. The molecular weight excluding hydrogens is 294 g/mol. The Balaban J connectivity index is 1.81. The molecule has 0 bridgehead atoms. The van der Waals surface area contributed by atoms with Crippen molar-refractivity contribution in [2.45, 2.75) is 39.9 Å². The fourth-order valence-electron chi connectivity index (χ4n) is 2.48. The monoisotopic (exact) mass is 315 g/mol. The summed E-state index contributed by atoms with van der Waals surface area (Å²) in [5.74, 6) is 1.23. The van der Waals surface area contributed by atoms with Crippen molar-refractivity contribution < 1.29 is 4.79 Å². The fraction of sp³-hybridized carbons (Fsp3) is 0.467. The lowest BCUT2D eigenvalue weighted by Crippen LogP contribution is -2.44. The topological polar surface area (TPSA) is 88.0 Å². The van der Waals surface area contributed by atoms with Crippen LogP contribution in [0.1, 0.15) is 25.1 Å². The molecule has 0 radical (unpaired) electrons.